The zero-order valence-electron chi connectivity index (χ0n) is 12.0. The summed E-state index contributed by atoms with van der Waals surface area (Å²) >= 11 is 0. The maximum absolute atomic E-state index is 11.4. The van der Waals surface area contributed by atoms with Gasteiger partial charge in [-0.3, -0.25) is 0 Å². The minimum Gasteiger partial charge on any atom is -0.440 e. The summed E-state index contributed by atoms with van der Waals surface area (Å²) in [4.78, 5) is 12.0. The topological polar surface area (TPSA) is 65.0 Å². The van der Waals surface area contributed by atoms with Gasteiger partial charge in [0.15, 0.2) is 6.86 Å². The minimum atomic E-state index is -1.86. The summed E-state index contributed by atoms with van der Waals surface area (Å²) in [5.74, 6) is 2.06. The van der Waals surface area contributed by atoms with Crippen molar-refractivity contribution in [1.82, 2.24) is 0 Å². The molecular formula is C11H18F6O5. The van der Waals surface area contributed by atoms with E-state index >= 15 is 0 Å². The standard InChI is InChI=1S/C7H9FO3.C2H5FO.CH2F2O.CH2F2/c1-3-7(2,10)4-5-11-6(8)9;1-4-2-3;2-1-4-3;2-1-3/h1,10H,4-5H2,2H3;2H2,1H3;1H2;1H2. The fraction of sp³-hybridized carbons (Fsp3) is 0.727. The van der Waals surface area contributed by atoms with Crippen molar-refractivity contribution >= 4 is 6.22 Å². The monoisotopic (exact) mass is 344 g/mol. The van der Waals surface area contributed by atoms with Gasteiger partial charge in [-0.1, -0.05) is 5.92 Å². The van der Waals surface area contributed by atoms with Crippen molar-refractivity contribution in [3.8, 4) is 12.3 Å². The van der Waals surface area contributed by atoms with E-state index in [2.05, 4.69) is 20.3 Å². The van der Waals surface area contributed by atoms with Crippen LogP contribution in [0.25, 0.3) is 0 Å². The molecule has 0 aliphatic rings. The zero-order chi connectivity index (χ0) is 18.4. The number of hydrogen-bond acceptors (Lipinski definition) is 5. The smallest absolute Gasteiger partial charge is 0.440 e. The molecule has 22 heavy (non-hydrogen) atoms. The van der Waals surface area contributed by atoms with Gasteiger partial charge in [0.1, 0.15) is 5.60 Å². The van der Waals surface area contributed by atoms with E-state index in [1.807, 2.05) is 0 Å². The Balaban J connectivity index is -0.000000121. The Hall–Kier alpha value is -1.51. The lowest BCUT2D eigenvalue weighted by molar-refractivity contribution is -0.167. The van der Waals surface area contributed by atoms with Gasteiger partial charge in [-0.2, -0.15) is 4.94 Å². The fourth-order valence-electron chi connectivity index (χ4n) is 0.402. The molecule has 11 heteroatoms. The van der Waals surface area contributed by atoms with Crippen LogP contribution in [0, 0.1) is 12.3 Å². The first-order valence-corrected chi connectivity index (χ1v) is 5.21. The lowest BCUT2D eigenvalue weighted by Crippen LogP contribution is -2.23. The SMILES string of the molecule is C#CC(C)(O)CCOC(=O)F.COCF.FCF.FCOF. The molecule has 134 valence electrons. The van der Waals surface area contributed by atoms with Gasteiger partial charge in [0, 0.05) is 13.5 Å². The molecule has 0 aromatic rings. The lowest BCUT2D eigenvalue weighted by Gasteiger charge is -2.14. The van der Waals surface area contributed by atoms with Gasteiger partial charge in [0.25, 0.3) is 0 Å². The number of halogens is 6. The Labute approximate surface area is 124 Å². The summed E-state index contributed by atoms with van der Waals surface area (Å²) in [5, 5.41) is 9.09. The molecule has 1 atom stereocenters. The van der Waals surface area contributed by atoms with Crippen LogP contribution in [-0.4, -0.2) is 51.3 Å². The molecule has 0 radical (unpaired) electrons. The maximum atomic E-state index is 11.4. The fourth-order valence-corrected chi connectivity index (χ4v) is 0.402. The van der Waals surface area contributed by atoms with Crippen LogP contribution in [0.2, 0.25) is 0 Å². The summed E-state index contributed by atoms with van der Waals surface area (Å²) in [7, 11) is 1.31. The predicted octanol–water partition coefficient (Wildman–Crippen LogP) is 3.12. The molecule has 5 nitrogen and oxygen atoms in total. The van der Waals surface area contributed by atoms with Gasteiger partial charge in [-0.15, -0.1) is 10.8 Å². The summed E-state index contributed by atoms with van der Waals surface area (Å²) in [6.45, 7) is -2.62. The molecule has 0 rings (SSSR count). The average molecular weight is 344 g/mol. The Kier molecular flexibility index (Phi) is 31.9. The Morgan fingerprint density at radius 3 is 1.82 bits per heavy atom. The molecule has 0 aliphatic carbocycles. The third-order valence-electron chi connectivity index (χ3n) is 1.27. The van der Waals surface area contributed by atoms with Crippen LogP contribution in [-0.2, 0) is 14.4 Å². The van der Waals surface area contributed by atoms with Crippen molar-refractivity contribution in [2.75, 3.05) is 34.4 Å². The van der Waals surface area contributed by atoms with Gasteiger partial charge < -0.3 is 14.6 Å². The number of aliphatic hydroxyl groups is 1. The molecule has 0 saturated carbocycles. The molecule has 0 heterocycles. The minimum absolute atomic E-state index is 0.0269. The van der Waals surface area contributed by atoms with Crippen LogP contribution in [0.1, 0.15) is 13.3 Å². The van der Waals surface area contributed by atoms with Crippen molar-refractivity contribution in [3.05, 3.63) is 0 Å². The maximum Gasteiger partial charge on any atom is 0.495 e. The summed E-state index contributed by atoms with van der Waals surface area (Å²) in [5.41, 5.74) is -1.34. The molecule has 0 saturated heterocycles. The number of rotatable bonds is 5. The highest BCUT2D eigenvalue weighted by molar-refractivity contribution is 5.57. The van der Waals surface area contributed by atoms with Crippen LogP contribution >= 0.6 is 0 Å². The largest absolute Gasteiger partial charge is 0.495 e. The second kappa shape index (κ2) is 24.5. The van der Waals surface area contributed by atoms with Gasteiger partial charge in [-0.25, -0.2) is 22.4 Å². The first kappa shape index (κ1) is 28.6. The molecule has 0 aliphatic heterocycles. The average Bonchev–Trinajstić information content (AvgIpc) is 2.48. The highest BCUT2D eigenvalue weighted by atomic mass is 19.3. The number of carbonyl (C=O) groups excluding carboxylic acids is 1. The molecule has 0 amide bonds. The van der Waals surface area contributed by atoms with Crippen molar-refractivity contribution < 1.29 is 50.8 Å². The Bertz CT molecular complexity index is 252. The number of carbonyl (C=O) groups is 1. The van der Waals surface area contributed by atoms with E-state index in [0.29, 0.717) is 0 Å². The molecule has 0 spiro atoms. The van der Waals surface area contributed by atoms with E-state index < -0.39 is 32.5 Å². The molecule has 1 N–H and O–H groups in total. The van der Waals surface area contributed by atoms with E-state index in [9.17, 15) is 31.3 Å². The second-order valence-electron chi connectivity index (χ2n) is 2.97. The highest BCUT2D eigenvalue weighted by Crippen LogP contribution is 2.06. The van der Waals surface area contributed by atoms with E-state index in [1.54, 1.807) is 0 Å². The number of hydrogen-bond donors (Lipinski definition) is 1. The number of ether oxygens (including phenoxy) is 2. The predicted molar refractivity (Wildman–Crippen MR) is 64.8 cm³/mol. The summed E-state index contributed by atoms with van der Waals surface area (Å²) in [6, 6.07) is 0. The first-order chi connectivity index (χ1) is 10.2. The summed E-state index contributed by atoms with van der Waals surface area (Å²) < 4.78 is 68.9. The number of terminal acetylenes is 1. The van der Waals surface area contributed by atoms with Crippen LogP contribution < -0.4 is 0 Å². The van der Waals surface area contributed by atoms with Gasteiger partial charge >= 0.3 is 6.22 Å². The van der Waals surface area contributed by atoms with Crippen molar-refractivity contribution in [1.29, 1.82) is 0 Å². The molecule has 0 bridgehead atoms. The second-order valence-corrected chi connectivity index (χ2v) is 2.97. The van der Waals surface area contributed by atoms with Crippen LogP contribution in [0.3, 0.4) is 0 Å². The molecule has 0 aromatic heterocycles. The third kappa shape index (κ3) is 51.4. The number of methoxy groups -OCH3 is 1. The normalized spacial score (nSPS) is 10.9. The van der Waals surface area contributed by atoms with Gasteiger partial charge in [0.2, 0.25) is 13.8 Å². The van der Waals surface area contributed by atoms with Crippen LogP contribution in [0.4, 0.5) is 31.3 Å². The van der Waals surface area contributed by atoms with Gasteiger partial charge in [0.05, 0.1) is 6.61 Å². The highest BCUT2D eigenvalue weighted by Gasteiger charge is 2.16. The zero-order valence-corrected chi connectivity index (χ0v) is 12.0. The van der Waals surface area contributed by atoms with Crippen molar-refractivity contribution in [2.24, 2.45) is 0 Å². The quantitative estimate of drug-likeness (QED) is 0.472. The van der Waals surface area contributed by atoms with Crippen LogP contribution in [0.15, 0.2) is 0 Å². The van der Waals surface area contributed by atoms with E-state index in [1.165, 1.54) is 14.0 Å². The van der Waals surface area contributed by atoms with Crippen LogP contribution in [0.5, 0.6) is 0 Å². The lowest BCUT2D eigenvalue weighted by atomic mass is 10.1. The van der Waals surface area contributed by atoms with E-state index in [-0.39, 0.29) is 13.0 Å². The molecule has 0 aromatic carbocycles. The van der Waals surface area contributed by atoms with E-state index in [4.69, 9.17) is 11.5 Å². The third-order valence-corrected chi connectivity index (χ3v) is 1.27. The Morgan fingerprint density at radius 2 is 1.64 bits per heavy atom. The Morgan fingerprint density at radius 1 is 1.27 bits per heavy atom. The van der Waals surface area contributed by atoms with Crippen molar-refractivity contribution in [3.63, 3.8) is 0 Å². The number of alkyl halides is 4. The summed E-state index contributed by atoms with van der Waals surface area (Å²) in [6.07, 6.45) is 3.05. The molecule has 1 unspecified atom stereocenters. The van der Waals surface area contributed by atoms with Crippen molar-refractivity contribution in [2.45, 2.75) is 18.9 Å². The molecule has 0 fully saturated rings. The first-order valence-electron chi connectivity index (χ1n) is 5.21. The molecular weight excluding hydrogens is 326 g/mol. The van der Waals surface area contributed by atoms with E-state index in [0.717, 1.165) is 0 Å². The van der Waals surface area contributed by atoms with Gasteiger partial charge in [-0.05, 0) is 11.4 Å².